The van der Waals surface area contributed by atoms with Crippen molar-refractivity contribution in [3.63, 3.8) is 0 Å². The van der Waals surface area contributed by atoms with E-state index in [9.17, 15) is 4.79 Å². The highest BCUT2D eigenvalue weighted by Gasteiger charge is 2.17. The Morgan fingerprint density at radius 2 is 2.17 bits per heavy atom. The maximum Gasteiger partial charge on any atom is 0.225 e. The van der Waals surface area contributed by atoms with Gasteiger partial charge in [-0.1, -0.05) is 0 Å². The summed E-state index contributed by atoms with van der Waals surface area (Å²) in [5.41, 5.74) is 0. The molecule has 2 rings (SSSR count). The molecule has 0 aromatic carbocycles. The van der Waals surface area contributed by atoms with Gasteiger partial charge in [0.05, 0.1) is 6.20 Å². The summed E-state index contributed by atoms with van der Waals surface area (Å²) >= 11 is 6.49. The zero-order chi connectivity index (χ0) is 13.0. The van der Waals surface area contributed by atoms with E-state index in [0.717, 1.165) is 25.9 Å². The molecule has 7 heteroatoms. The summed E-state index contributed by atoms with van der Waals surface area (Å²) in [5.74, 6) is 0.935. The van der Waals surface area contributed by atoms with Gasteiger partial charge < -0.3 is 10.6 Å². The van der Waals surface area contributed by atoms with Crippen molar-refractivity contribution in [3.8, 4) is 0 Å². The highest BCUT2D eigenvalue weighted by Crippen LogP contribution is 2.21. The van der Waals surface area contributed by atoms with Gasteiger partial charge in [0.1, 0.15) is 9.21 Å². The molecule has 0 aliphatic carbocycles. The molecule has 0 unspecified atom stereocenters. The van der Waals surface area contributed by atoms with Crippen molar-refractivity contribution in [1.29, 1.82) is 0 Å². The molecule has 0 radical (unpaired) electrons. The molecule has 18 heavy (non-hydrogen) atoms. The van der Waals surface area contributed by atoms with E-state index in [1.54, 1.807) is 6.20 Å². The van der Waals surface area contributed by atoms with Gasteiger partial charge in [-0.05, 0) is 63.7 Å². The summed E-state index contributed by atoms with van der Waals surface area (Å²) in [6, 6.07) is 0. The maximum atomic E-state index is 11.9. The van der Waals surface area contributed by atoms with Crippen molar-refractivity contribution in [2.75, 3.05) is 18.4 Å². The maximum absolute atomic E-state index is 11.9. The van der Waals surface area contributed by atoms with Crippen molar-refractivity contribution in [2.24, 2.45) is 5.92 Å². The van der Waals surface area contributed by atoms with Gasteiger partial charge in [-0.25, -0.2) is 9.97 Å². The van der Waals surface area contributed by atoms with Crippen LogP contribution in [0.25, 0.3) is 0 Å². The lowest BCUT2D eigenvalue weighted by atomic mass is 9.94. The van der Waals surface area contributed by atoms with Gasteiger partial charge in [-0.2, -0.15) is 0 Å². The number of hydrogen-bond acceptors (Lipinski definition) is 4. The van der Waals surface area contributed by atoms with E-state index in [-0.39, 0.29) is 5.91 Å². The molecule has 1 fully saturated rings. The zero-order valence-electron chi connectivity index (χ0n) is 9.75. The van der Waals surface area contributed by atoms with E-state index < -0.39 is 0 Å². The monoisotopic (exact) mass is 376 g/mol. The van der Waals surface area contributed by atoms with Crippen molar-refractivity contribution < 1.29 is 4.79 Å². The minimum Gasteiger partial charge on any atom is -0.317 e. The van der Waals surface area contributed by atoms with Crippen molar-refractivity contribution >= 4 is 43.6 Å². The first-order valence-electron chi connectivity index (χ1n) is 5.84. The Hall–Kier alpha value is -0.530. The Bertz CT molecular complexity index is 435. The lowest BCUT2D eigenvalue weighted by Crippen LogP contribution is -2.30. The Morgan fingerprint density at radius 3 is 2.83 bits per heavy atom. The largest absolute Gasteiger partial charge is 0.317 e. The van der Waals surface area contributed by atoms with E-state index in [1.165, 1.54) is 0 Å². The Kier molecular flexibility index (Phi) is 5.08. The summed E-state index contributed by atoms with van der Waals surface area (Å²) in [6.07, 6.45) is 4.22. The lowest BCUT2D eigenvalue weighted by Gasteiger charge is -2.21. The first-order chi connectivity index (χ1) is 8.65. The lowest BCUT2D eigenvalue weighted by molar-refractivity contribution is -0.117. The van der Waals surface area contributed by atoms with Crippen molar-refractivity contribution in [1.82, 2.24) is 15.3 Å². The van der Waals surface area contributed by atoms with Gasteiger partial charge in [-0.3, -0.25) is 4.79 Å². The van der Waals surface area contributed by atoms with Crippen LogP contribution >= 0.6 is 31.9 Å². The number of rotatable bonds is 3. The normalized spacial score (nSPS) is 16.6. The number of aromatic nitrogens is 2. The molecule has 1 aliphatic rings. The summed E-state index contributed by atoms with van der Waals surface area (Å²) < 4.78 is 1.17. The molecule has 1 aromatic heterocycles. The number of anilines is 1. The number of carbonyl (C=O) groups is 1. The minimum atomic E-state index is -0.000720. The van der Waals surface area contributed by atoms with Crippen LogP contribution in [0.3, 0.4) is 0 Å². The van der Waals surface area contributed by atoms with Crippen LogP contribution in [0.1, 0.15) is 19.3 Å². The highest BCUT2D eigenvalue weighted by molar-refractivity contribution is 9.11. The minimum absolute atomic E-state index is 0.000720. The van der Waals surface area contributed by atoms with Gasteiger partial charge in [0.15, 0.2) is 5.82 Å². The molecular formula is C11H14Br2N4O. The quantitative estimate of drug-likeness (QED) is 0.848. The predicted octanol–water partition coefficient (Wildman–Crippen LogP) is 2.33. The topological polar surface area (TPSA) is 66.9 Å². The summed E-state index contributed by atoms with van der Waals surface area (Å²) in [7, 11) is 0. The second-order valence-electron chi connectivity index (χ2n) is 4.28. The number of halogens is 2. The molecule has 1 aliphatic heterocycles. The van der Waals surface area contributed by atoms with Crippen LogP contribution in [0.4, 0.5) is 5.82 Å². The smallest absolute Gasteiger partial charge is 0.225 e. The highest BCUT2D eigenvalue weighted by atomic mass is 79.9. The molecule has 1 aromatic rings. The molecular weight excluding hydrogens is 364 g/mol. The van der Waals surface area contributed by atoms with E-state index in [2.05, 4.69) is 52.5 Å². The first kappa shape index (κ1) is 13.9. The molecule has 98 valence electrons. The Labute approximate surface area is 122 Å². The third-order valence-electron chi connectivity index (χ3n) is 2.89. The summed E-state index contributed by atoms with van der Waals surface area (Å²) in [5, 5.41) is 6.07. The fourth-order valence-corrected chi connectivity index (χ4v) is 2.87. The number of hydrogen-bond donors (Lipinski definition) is 2. The SMILES string of the molecule is O=C(CC1CCNCC1)Nc1ncc(Br)nc1Br. The molecule has 0 saturated carbocycles. The fourth-order valence-electron chi connectivity index (χ4n) is 1.96. The Balaban J connectivity index is 1.90. The summed E-state index contributed by atoms with van der Waals surface area (Å²) in [6.45, 7) is 2.00. The number of piperidine rings is 1. The number of amides is 1. The van der Waals surface area contributed by atoms with Crippen LogP contribution in [0.15, 0.2) is 15.4 Å². The van der Waals surface area contributed by atoms with Crippen LogP contribution in [-0.4, -0.2) is 29.0 Å². The fraction of sp³-hybridized carbons (Fsp3) is 0.545. The Morgan fingerprint density at radius 1 is 1.44 bits per heavy atom. The van der Waals surface area contributed by atoms with Crippen LogP contribution < -0.4 is 10.6 Å². The van der Waals surface area contributed by atoms with Gasteiger partial charge in [0, 0.05) is 6.42 Å². The third kappa shape index (κ3) is 4.00. The van der Waals surface area contributed by atoms with Crippen molar-refractivity contribution in [2.45, 2.75) is 19.3 Å². The van der Waals surface area contributed by atoms with Crippen molar-refractivity contribution in [3.05, 3.63) is 15.4 Å². The van der Waals surface area contributed by atoms with Gasteiger partial charge in [-0.15, -0.1) is 0 Å². The second-order valence-corrected chi connectivity index (χ2v) is 5.84. The van der Waals surface area contributed by atoms with E-state index in [1.807, 2.05) is 0 Å². The van der Waals surface area contributed by atoms with Crippen LogP contribution in [-0.2, 0) is 4.79 Å². The van der Waals surface area contributed by atoms with E-state index in [0.29, 0.717) is 27.4 Å². The van der Waals surface area contributed by atoms with Crippen LogP contribution in [0, 0.1) is 5.92 Å². The van der Waals surface area contributed by atoms with Crippen LogP contribution in [0.2, 0.25) is 0 Å². The molecule has 0 bridgehead atoms. The van der Waals surface area contributed by atoms with Gasteiger partial charge in [0.25, 0.3) is 0 Å². The van der Waals surface area contributed by atoms with E-state index >= 15 is 0 Å². The van der Waals surface area contributed by atoms with E-state index in [4.69, 9.17) is 0 Å². The number of carbonyl (C=O) groups excluding carboxylic acids is 1. The zero-order valence-corrected chi connectivity index (χ0v) is 12.9. The molecule has 5 nitrogen and oxygen atoms in total. The predicted molar refractivity (Wildman–Crippen MR) is 76.3 cm³/mol. The number of nitrogens with one attached hydrogen (secondary N) is 2. The standard InChI is InChI=1S/C11H14Br2N4O/c12-8-6-15-11(10(13)16-8)17-9(18)5-7-1-3-14-4-2-7/h6-7,14H,1-5H2,(H,15,17,18). The molecule has 1 saturated heterocycles. The average Bonchev–Trinajstić information content (AvgIpc) is 2.34. The molecule has 0 spiro atoms. The summed E-state index contributed by atoms with van der Waals surface area (Å²) in [4.78, 5) is 20.1. The van der Waals surface area contributed by atoms with Crippen LogP contribution in [0.5, 0.6) is 0 Å². The third-order valence-corrected chi connectivity index (χ3v) is 3.83. The number of nitrogens with zero attached hydrogens (tertiary/aromatic N) is 2. The molecule has 2 N–H and O–H groups in total. The van der Waals surface area contributed by atoms with Gasteiger partial charge >= 0.3 is 0 Å². The molecule has 0 atom stereocenters. The molecule has 1 amide bonds. The first-order valence-corrected chi connectivity index (χ1v) is 7.42. The second kappa shape index (κ2) is 6.58. The molecule has 2 heterocycles. The van der Waals surface area contributed by atoms with Gasteiger partial charge in [0.2, 0.25) is 5.91 Å². The average molecular weight is 378 g/mol.